The molecule has 0 spiro atoms. The van der Waals surface area contributed by atoms with Crippen LogP contribution in [0.2, 0.25) is 0 Å². The summed E-state index contributed by atoms with van der Waals surface area (Å²) < 4.78 is 10.8. The Hall–Kier alpha value is -2.53. The van der Waals surface area contributed by atoms with E-state index in [4.69, 9.17) is 9.47 Å². The number of carbonyl (C=O) groups is 1. The zero-order valence-electron chi connectivity index (χ0n) is 15.0. The Labute approximate surface area is 148 Å². The Morgan fingerprint density at radius 1 is 1.12 bits per heavy atom. The summed E-state index contributed by atoms with van der Waals surface area (Å²) >= 11 is 0. The lowest BCUT2D eigenvalue weighted by Gasteiger charge is -2.26. The molecule has 0 aromatic heterocycles. The molecule has 1 unspecified atom stereocenters. The highest BCUT2D eigenvalue weighted by Gasteiger charge is 2.24. The quantitative estimate of drug-likeness (QED) is 0.868. The fourth-order valence-electron chi connectivity index (χ4n) is 3.32. The first-order valence-electron chi connectivity index (χ1n) is 8.53. The highest BCUT2D eigenvalue weighted by molar-refractivity contribution is 5.92. The molecule has 3 rings (SSSR count). The van der Waals surface area contributed by atoms with Gasteiger partial charge in [-0.15, -0.1) is 0 Å². The highest BCUT2D eigenvalue weighted by atomic mass is 16.5. The molecule has 5 nitrogen and oxygen atoms in total. The number of hydrogen-bond donors (Lipinski definition) is 2. The topological polar surface area (TPSA) is 52.0 Å². The van der Waals surface area contributed by atoms with Gasteiger partial charge >= 0.3 is 0 Å². The predicted molar refractivity (Wildman–Crippen MR) is 97.5 cm³/mol. The molecule has 0 radical (unpaired) electrons. The third kappa shape index (κ3) is 3.94. The number of hydrogen-bond acceptors (Lipinski definition) is 3. The number of benzene rings is 2. The molecule has 132 valence electrons. The summed E-state index contributed by atoms with van der Waals surface area (Å²) in [7, 11) is 3.30. The van der Waals surface area contributed by atoms with Gasteiger partial charge in [-0.05, 0) is 36.2 Å². The SMILES string of the molecule is COc1cc2c(cc1OC)C[NH+](CC(=O)Nc1ccccc1C)CC2. The van der Waals surface area contributed by atoms with Crippen molar-refractivity contribution in [2.45, 2.75) is 19.9 Å². The lowest BCUT2D eigenvalue weighted by molar-refractivity contribution is -0.907. The van der Waals surface area contributed by atoms with Crippen LogP contribution in [0.25, 0.3) is 0 Å². The van der Waals surface area contributed by atoms with E-state index in [2.05, 4.69) is 11.4 Å². The van der Waals surface area contributed by atoms with Gasteiger partial charge in [-0.2, -0.15) is 0 Å². The van der Waals surface area contributed by atoms with E-state index < -0.39 is 0 Å². The number of ether oxygens (including phenoxy) is 2. The van der Waals surface area contributed by atoms with E-state index in [1.807, 2.05) is 37.3 Å². The zero-order valence-corrected chi connectivity index (χ0v) is 15.0. The average Bonchev–Trinajstić information content (AvgIpc) is 2.62. The molecule has 1 aliphatic rings. The largest absolute Gasteiger partial charge is 0.493 e. The number of fused-ring (bicyclic) bond motifs is 1. The van der Waals surface area contributed by atoms with Crippen LogP contribution in [0.1, 0.15) is 16.7 Å². The first kappa shape index (κ1) is 17.3. The van der Waals surface area contributed by atoms with E-state index in [0.29, 0.717) is 6.54 Å². The van der Waals surface area contributed by atoms with Crippen LogP contribution in [-0.4, -0.2) is 33.2 Å². The molecule has 0 saturated carbocycles. The minimum Gasteiger partial charge on any atom is -0.493 e. The molecule has 25 heavy (non-hydrogen) atoms. The highest BCUT2D eigenvalue weighted by Crippen LogP contribution is 2.31. The number of carbonyl (C=O) groups excluding carboxylic acids is 1. The fraction of sp³-hybridized carbons (Fsp3) is 0.350. The lowest BCUT2D eigenvalue weighted by Crippen LogP contribution is -3.12. The fourth-order valence-corrected chi connectivity index (χ4v) is 3.32. The number of aryl methyl sites for hydroxylation is 1. The third-order valence-electron chi connectivity index (χ3n) is 4.72. The summed E-state index contributed by atoms with van der Waals surface area (Å²) in [5, 5.41) is 3.02. The van der Waals surface area contributed by atoms with E-state index in [0.717, 1.165) is 42.3 Å². The summed E-state index contributed by atoms with van der Waals surface area (Å²) in [6, 6.07) is 11.9. The maximum absolute atomic E-state index is 12.4. The van der Waals surface area contributed by atoms with Gasteiger partial charge in [0, 0.05) is 17.7 Å². The predicted octanol–water partition coefficient (Wildman–Crippen LogP) is 1.59. The number of amides is 1. The van der Waals surface area contributed by atoms with Crippen molar-refractivity contribution < 1.29 is 19.2 Å². The van der Waals surface area contributed by atoms with E-state index >= 15 is 0 Å². The summed E-state index contributed by atoms with van der Waals surface area (Å²) in [6.45, 7) is 4.21. The smallest absolute Gasteiger partial charge is 0.279 e. The first-order chi connectivity index (χ1) is 12.1. The minimum atomic E-state index is 0.0493. The Morgan fingerprint density at radius 3 is 2.48 bits per heavy atom. The number of nitrogens with one attached hydrogen (secondary N) is 2. The molecule has 0 aliphatic carbocycles. The molecule has 5 heteroatoms. The summed E-state index contributed by atoms with van der Waals surface area (Å²) in [6.07, 6.45) is 0.933. The molecule has 0 saturated heterocycles. The van der Waals surface area contributed by atoms with Crippen molar-refractivity contribution >= 4 is 11.6 Å². The van der Waals surface area contributed by atoms with Crippen LogP contribution in [0.15, 0.2) is 36.4 Å². The van der Waals surface area contributed by atoms with Crippen molar-refractivity contribution in [1.29, 1.82) is 0 Å². The van der Waals surface area contributed by atoms with Gasteiger partial charge in [-0.25, -0.2) is 0 Å². The summed E-state index contributed by atoms with van der Waals surface area (Å²) in [5.41, 5.74) is 4.46. The minimum absolute atomic E-state index is 0.0493. The number of para-hydroxylation sites is 1. The van der Waals surface area contributed by atoms with Crippen LogP contribution in [0.5, 0.6) is 11.5 Å². The van der Waals surface area contributed by atoms with Crippen LogP contribution < -0.4 is 19.7 Å². The molecule has 2 aromatic rings. The molecule has 1 amide bonds. The van der Waals surface area contributed by atoms with E-state index in [1.165, 1.54) is 16.0 Å². The molecule has 1 atom stereocenters. The molecule has 0 fully saturated rings. The van der Waals surface area contributed by atoms with E-state index in [9.17, 15) is 4.79 Å². The van der Waals surface area contributed by atoms with Crippen molar-refractivity contribution in [3.8, 4) is 11.5 Å². The van der Waals surface area contributed by atoms with Crippen molar-refractivity contribution in [3.63, 3.8) is 0 Å². The number of methoxy groups -OCH3 is 2. The molecule has 1 heterocycles. The van der Waals surface area contributed by atoms with Crippen LogP contribution in [0, 0.1) is 6.92 Å². The average molecular weight is 341 g/mol. The van der Waals surface area contributed by atoms with Gasteiger partial charge in [0.1, 0.15) is 6.54 Å². The first-order valence-corrected chi connectivity index (χ1v) is 8.53. The standard InChI is InChI=1S/C20H24N2O3/c1-14-6-4-5-7-17(14)21-20(23)13-22-9-8-15-10-18(24-2)19(25-3)11-16(15)12-22/h4-7,10-11H,8-9,12-13H2,1-3H3,(H,21,23)/p+1. The van der Waals surface area contributed by atoms with Gasteiger partial charge < -0.3 is 19.7 Å². The lowest BCUT2D eigenvalue weighted by atomic mass is 9.99. The van der Waals surface area contributed by atoms with Crippen molar-refractivity contribution in [3.05, 3.63) is 53.1 Å². The van der Waals surface area contributed by atoms with Gasteiger partial charge in [-0.1, -0.05) is 18.2 Å². The third-order valence-corrected chi connectivity index (χ3v) is 4.72. The molecule has 0 bridgehead atoms. The molecule has 1 aliphatic heterocycles. The Kier molecular flexibility index (Phi) is 5.24. The molecule has 2 aromatic carbocycles. The van der Waals surface area contributed by atoms with Gasteiger partial charge in [0.05, 0.1) is 20.8 Å². The van der Waals surface area contributed by atoms with Crippen LogP contribution >= 0.6 is 0 Å². The second-order valence-corrected chi connectivity index (χ2v) is 6.44. The molecular weight excluding hydrogens is 316 g/mol. The maximum atomic E-state index is 12.4. The number of anilines is 1. The second kappa shape index (κ2) is 7.57. The Morgan fingerprint density at radius 2 is 1.80 bits per heavy atom. The molecule has 2 N–H and O–H groups in total. The zero-order chi connectivity index (χ0) is 17.8. The van der Waals surface area contributed by atoms with Gasteiger partial charge in [0.25, 0.3) is 5.91 Å². The van der Waals surface area contributed by atoms with Crippen LogP contribution in [-0.2, 0) is 17.8 Å². The van der Waals surface area contributed by atoms with Gasteiger partial charge in [0.2, 0.25) is 0 Å². The van der Waals surface area contributed by atoms with Crippen LogP contribution in [0.4, 0.5) is 5.69 Å². The van der Waals surface area contributed by atoms with Crippen LogP contribution in [0.3, 0.4) is 0 Å². The molecular formula is C20H25N2O3+. The summed E-state index contributed by atoms with van der Waals surface area (Å²) in [5.74, 6) is 1.56. The van der Waals surface area contributed by atoms with Gasteiger partial charge in [0.15, 0.2) is 18.0 Å². The van der Waals surface area contributed by atoms with Crippen molar-refractivity contribution in [1.82, 2.24) is 0 Å². The Balaban J connectivity index is 1.66. The monoisotopic (exact) mass is 341 g/mol. The normalized spacial score (nSPS) is 16.0. The second-order valence-electron chi connectivity index (χ2n) is 6.44. The van der Waals surface area contributed by atoms with E-state index in [-0.39, 0.29) is 5.91 Å². The van der Waals surface area contributed by atoms with Gasteiger partial charge in [-0.3, -0.25) is 4.79 Å². The number of rotatable bonds is 5. The Bertz CT molecular complexity index is 774. The van der Waals surface area contributed by atoms with Crippen molar-refractivity contribution in [2.75, 3.05) is 32.6 Å². The maximum Gasteiger partial charge on any atom is 0.279 e. The van der Waals surface area contributed by atoms with Crippen molar-refractivity contribution in [2.24, 2.45) is 0 Å². The van der Waals surface area contributed by atoms with E-state index in [1.54, 1.807) is 14.2 Å². The number of quaternary nitrogens is 1. The summed E-state index contributed by atoms with van der Waals surface area (Å²) in [4.78, 5) is 13.6.